The van der Waals surface area contributed by atoms with Crippen molar-refractivity contribution < 1.29 is 15.0 Å². The van der Waals surface area contributed by atoms with E-state index in [4.69, 9.17) is 0 Å². The van der Waals surface area contributed by atoms with E-state index in [1.54, 1.807) is 29.9 Å². The molecule has 2 aliphatic rings. The van der Waals surface area contributed by atoms with E-state index in [-0.39, 0.29) is 5.91 Å². The van der Waals surface area contributed by atoms with Crippen LogP contribution >= 0.6 is 0 Å². The van der Waals surface area contributed by atoms with Gasteiger partial charge in [-0.2, -0.15) is 0 Å². The minimum atomic E-state index is -0.989. The molecule has 0 spiro atoms. The normalized spacial score (nSPS) is 32.3. The number of imidazole rings is 1. The molecule has 1 aromatic rings. The van der Waals surface area contributed by atoms with Gasteiger partial charge < -0.3 is 19.7 Å². The monoisotopic (exact) mass is 308 g/mol. The standard InChI is InChI=1S/C15H24N4O3/c1-15(22)6-4-10(5-7-15)8-19-13(20)11-12(16-9-17(11)2)18(3)14(19)21/h9-10,14,21-22H,4-8H2,1-3H3. The number of aromatic nitrogens is 2. The first-order valence-electron chi connectivity index (χ1n) is 7.76. The first-order chi connectivity index (χ1) is 10.3. The molecule has 1 fully saturated rings. The van der Waals surface area contributed by atoms with E-state index in [1.165, 1.54) is 4.90 Å². The van der Waals surface area contributed by atoms with Gasteiger partial charge in [-0.1, -0.05) is 0 Å². The van der Waals surface area contributed by atoms with Crippen LogP contribution in [0.1, 0.15) is 43.1 Å². The van der Waals surface area contributed by atoms with Crippen LogP contribution in [0, 0.1) is 5.92 Å². The average Bonchev–Trinajstić information content (AvgIpc) is 2.85. The van der Waals surface area contributed by atoms with Crippen LogP contribution in [-0.2, 0) is 7.05 Å². The number of carbonyl (C=O) groups excluding carboxylic acids is 1. The maximum absolute atomic E-state index is 12.7. The van der Waals surface area contributed by atoms with E-state index in [1.807, 2.05) is 6.92 Å². The maximum atomic E-state index is 12.7. The Labute approximate surface area is 130 Å². The fraction of sp³-hybridized carbons (Fsp3) is 0.733. The number of carbonyl (C=O) groups is 1. The summed E-state index contributed by atoms with van der Waals surface area (Å²) >= 11 is 0. The Morgan fingerprint density at radius 3 is 2.64 bits per heavy atom. The van der Waals surface area contributed by atoms with Gasteiger partial charge in [0.25, 0.3) is 5.91 Å². The van der Waals surface area contributed by atoms with Crippen LogP contribution in [0.4, 0.5) is 5.82 Å². The molecule has 0 aromatic carbocycles. The molecular formula is C15H24N4O3. The average molecular weight is 308 g/mol. The summed E-state index contributed by atoms with van der Waals surface area (Å²) in [5, 5.41) is 20.5. The molecule has 0 bridgehead atoms. The van der Waals surface area contributed by atoms with Gasteiger partial charge in [0.2, 0.25) is 6.35 Å². The van der Waals surface area contributed by atoms with Crippen molar-refractivity contribution in [2.45, 2.75) is 44.6 Å². The fourth-order valence-electron chi connectivity index (χ4n) is 3.42. The molecule has 22 heavy (non-hydrogen) atoms. The number of hydrogen-bond donors (Lipinski definition) is 2. The number of amides is 1. The van der Waals surface area contributed by atoms with Crippen molar-refractivity contribution in [3.63, 3.8) is 0 Å². The smallest absolute Gasteiger partial charge is 0.277 e. The van der Waals surface area contributed by atoms with Crippen LogP contribution in [-0.4, -0.2) is 56.1 Å². The fourth-order valence-corrected chi connectivity index (χ4v) is 3.42. The van der Waals surface area contributed by atoms with Crippen molar-refractivity contribution in [3.8, 4) is 0 Å². The molecule has 2 heterocycles. The number of aliphatic hydroxyl groups is 2. The number of aliphatic hydroxyl groups excluding tert-OH is 1. The van der Waals surface area contributed by atoms with Crippen molar-refractivity contribution in [2.75, 3.05) is 18.5 Å². The Bertz CT molecular complexity index is 573. The molecule has 2 N–H and O–H groups in total. The largest absolute Gasteiger partial charge is 0.390 e. The van der Waals surface area contributed by atoms with Crippen LogP contribution in [0.5, 0.6) is 0 Å². The number of fused-ring (bicyclic) bond motifs is 1. The lowest BCUT2D eigenvalue weighted by atomic mass is 9.80. The van der Waals surface area contributed by atoms with Gasteiger partial charge in [0.05, 0.1) is 11.9 Å². The maximum Gasteiger partial charge on any atom is 0.277 e. The van der Waals surface area contributed by atoms with E-state index in [0.717, 1.165) is 25.7 Å². The molecule has 7 heteroatoms. The van der Waals surface area contributed by atoms with Crippen molar-refractivity contribution in [2.24, 2.45) is 13.0 Å². The minimum Gasteiger partial charge on any atom is -0.390 e. The van der Waals surface area contributed by atoms with E-state index in [2.05, 4.69) is 4.98 Å². The molecule has 3 rings (SSSR count). The summed E-state index contributed by atoms with van der Waals surface area (Å²) in [6, 6.07) is 0. The first kappa shape index (κ1) is 15.3. The van der Waals surface area contributed by atoms with Crippen molar-refractivity contribution in [1.82, 2.24) is 14.5 Å². The van der Waals surface area contributed by atoms with Gasteiger partial charge >= 0.3 is 0 Å². The topological polar surface area (TPSA) is 81.8 Å². The summed E-state index contributed by atoms with van der Waals surface area (Å²) in [4.78, 5) is 20.0. The molecule has 1 amide bonds. The zero-order valence-corrected chi connectivity index (χ0v) is 13.4. The van der Waals surface area contributed by atoms with Crippen LogP contribution in [0.25, 0.3) is 0 Å². The zero-order valence-electron chi connectivity index (χ0n) is 13.4. The van der Waals surface area contributed by atoms with Gasteiger partial charge in [0.1, 0.15) is 0 Å². The predicted molar refractivity (Wildman–Crippen MR) is 81.2 cm³/mol. The van der Waals surface area contributed by atoms with Crippen LogP contribution < -0.4 is 4.90 Å². The molecular weight excluding hydrogens is 284 g/mol. The van der Waals surface area contributed by atoms with Crippen molar-refractivity contribution >= 4 is 11.7 Å². The highest BCUT2D eigenvalue weighted by Gasteiger charge is 2.40. The summed E-state index contributed by atoms with van der Waals surface area (Å²) in [5.74, 6) is 0.641. The Morgan fingerprint density at radius 1 is 1.36 bits per heavy atom. The summed E-state index contributed by atoms with van der Waals surface area (Å²) in [5.41, 5.74) is -0.0804. The van der Waals surface area contributed by atoms with Crippen molar-refractivity contribution in [1.29, 1.82) is 0 Å². The van der Waals surface area contributed by atoms with Crippen LogP contribution in [0.15, 0.2) is 6.33 Å². The van der Waals surface area contributed by atoms with Crippen LogP contribution in [0.3, 0.4) is 0 Å². The van der Waals surface area contributed by atoms with Gasteiger partial charge in [-0.3, -0.25) is 9.69 Å². The molecule has 1 aliphatic carbocycles. The number of nitrogens with zero attached hydrogens (tertiary/aromatic N) is 4. The second-order valence-corrected chi connectivity index (χ2v) is 6.88. The molecule has 0 saturated heterocycles. The van der Waals surface area contributed by atoms with E-state index in [0.29, 0.717) is 24.0 Å². The summed E-state index contributed by atoms with van der Waals surface area (Å²) in [7, 11) is 3.52. The molecule has 1 aromatic heterocycles. The molecule has 1 atom stereocenters. The highest BCUT2D eigenvalue weighted by molar-refractivity contribution is 5.99. The SMILES string of the molecule is CN1c2ncn(C)c2C(=O)N(CC2CCC(C)(O)CC2)C1O. The summed E-state index contributed by atoms with van der Waals surface area (Å²) in [6.07, 6.45) is 3.81. The summed E-state index contributed by atoms with van der Waals surface area (Å²) < 4.78 is 1.69. The quantitative estimate of drug-likeness (QED) is 0.833. The van der Waals surface area contributed by atoms with Crippen molar-refractivity contribution in [3.05, 3.63) is 12.0 Å². The lowest BCUT2D eigenvalue weighted by Gasteiger charge is -2.41. The van der Waals surface area contributed by atoms with E-state index >= 15 is 0 Å². The molecule has 7 nitrogen and oxygen atoms in total. The van der Waals surface area contributed by atoms with Gasteiger partial charge in [-0.25, -0.2) is 4.98 Å². The van der Waals surface area contributed by atoms with E-state index < -0.39 is 12.0 Å². The Balaban J connectivity index is 1.77. The molecule has 1 unspecified atom stereocenters. The predicted octanol–water partition coefficient (Wildman–Crippen LogP) is 0.529. The second kappa shape index (κ2) is 5.24. The first-order valence-corrected chi connectivity index (χ1v) is 7.76. The lowest BCUT2D eigenvalue weighted by molar-refractivity contribution is -0.0232. The molecule has 122 valence electrons. The minimum absolute atomic E-state index is 0.182. The molecule has 0 radical (unpaired) electrons. The number of aryl methyl sites for hydroxylation is 1. The van der Waals surface area contributed by atoms with Gasteiger partial charge in [0.15, 0.2) is 11.5 Å². The third-order valence-corrected chi connectivity index (χ3v) is 4.98. The van der Waals surface area contributed by atoms with Gasteiger partial charge in [0, 0.05) is 20.6 Å². The number of rotatable bonds is 2. The second-order valence-electron chi connectivity index (χ2n) is 6.88. The number of hydrogen-bond acceptors (Lipinski definition) is 5. The van der Waals surface area contributed by atoms with Crippen LogP contribution in [0.2, 0.25) is 0 Å². The molecule has 1 saturated carbocycles. The zero-order chi connectivity index (χ0) is 16.1. The highest BCUT2D eigenvalue weighted by atomic mass is 16.3. The highest BCUT2D eigenvalue weighted by Crippen LogP contribution is 2.34. The Hall–Kier alpha value is -1.60. The third kappa shape index (κ3) is 2.48. The number of anilines is 1. The molecule has 1 aliphatic heterocycles. The lowest BCUT2D eigenvalue weighted by Crippen LogP contribution is -2.56. The Morgan fingerprint density at radius 2 is 2.00 bits per heavy atom. The van der Waals surface area contributed by atoms with Gasteiger partial charge in [-0.15, -0.1) is 0 Å². The third-order valence-electron chi connectivity index (χ3n) is 4.98. The summed E-state index contributed by atoms with van der Waals surface area (Å²) in [6.45, 7) is 2.37. The van der Waals surface area contributed by atoms with Gasteiger partial charge in [-0.05, 0) is 38.5 Å². The Kier molecular flexibility index (Phi) is 3.65. The van der Waals surface area contributed by atoms with E-state index in [9.17, 15) is 15.0 Å².